The van der Waals surface area contributed by atoms with Crippen LogP contribution in [0.25, 0.3) is 0 Å². The van der Waals surface area contributed by atoms with Gasteiger partial charge in [0.2, 0.25) is 5.91 Å². The first kappa shape index (κ1) is 17.3. The van der Waals surface area contributed by atoms with Gasteiger partial charge in [-0.1, -0.05) is 19.4 Å². The number of hydrogen-bond acceptors (Lipinski definition) is 2. The molecule has 0 saturated carbocycles. The Bertz CT molecular complexity index is 486. The van der Waals surface area contributed by atoms with Crippen molar-refractivity contribution in [2.75, 3.05) is 11.9 Å². The third-order valence-electron chi connectivity index (χ3n) is 3.13. The van der Waals surface area contributed by atoms with Crippen LogP contribution in [-0.2, 0) is 11.0 Å². The van der Waals surface area contributed by atoms with E-state index < -0.39 is 11.7 Å². The molecule has 0 aliphatic heterocycles. The quantitative estimate of drug-likeness (QED) is 0.840. The third-order valence-corrected chi connectivity index (χ3v) is 3.13. The smallest absolute Gasteiger partial charge is 0.376 e. The summed E-state index contributed by atoms with van der Waals surface area (Å²) in [6.07, 6.45) is -2.56. The average Bonchev–Trinajstić information content (AvgIpc) is 2.36. The van der Waals surface area contributed by atoms with Gasteiger partial charge in [0.25, 0.3) is 0 Å². The minimum absolute atomic E-state index is 0.0472. The lowest BCUT2D eigenvalue weighted by Crippen LogP contribution is -2.36. The Kier molecular flexibility index (Phi) is 6.05. The fourth-order valence-corrected chi connectivity index (χ4v) is 2.05. The van der Waals surface area contributed by atoms with Gasteiger partial charge in [0, 0.05) is 11.7 Å². The largest absolute Gasteiger partial charge is 0.416 e. The van der Waals surface area contributed by atoms with E-state index in [4.69, 9.17) is 0 Å². The number of aryl methyl sites for hydroxylation is 1. The topological polar surface area (TPSA) is 41.1 Å². The minimum atomic E-state index is -4.39. The molecule has 1 aromatic carbocycles. The zero-order valence-electron chi connectivity index (χ0n) is 12.5. The summed E-state index contributed by atoms with van der Waals surface area (Å²) < 4.78 is 38.3. The van der Waals surface area contributed by atoms with Crippen LogP contribution >= 0.6 is 0 Å². The van der Waals surface area contributed by atoms with Crippen LogP contribution in [0.1, 0.15) is 37.8 Å². The van der Waals surface area contributed by atoms with Gasteiger partial charge in [0.15, 0.2) is 0 Å². The maximum Gasteiger partial charge on any atom is 0.416 e. The highest BCUT2D eigenvalue weighted by molar-refractivity contribution is 5.81. The van der Waals surface area contributed by atoms with Crippen LogP contribution in [-0.4, -0.2) is 18.5 Å². The summed E-state index contributed by atoms with van der Waals surface area (Å²) in [4.78, 5) is 11.7. The first-order valence-electron chi connectivity index (χ1n) is 6.95. The second-order valence-corrected chi connectivity index (χ2v) is 5.14. The second kappa shape index (κ2) is 7.33. The Morgan fingerprint density at radius 3 is 2.57 bits per heavy atom. The molecule has 1 unspecified atom stereocenters. The molecule has 1 rings (SSSR count). The van der Waals surface area contributed by atoms with Gasteiger partial charge >= 0.3 is 6.18 Å². The summed E-state index contributed by atoms with van der Waals surface area (Å²) >= 11 is 0. The van der Waals surface area contributed by atoms with E-state index in [1.165, 1.54) is 19.1 Å². The van der Waals surface area contributed by atoms with Gasteiger partial charge in [-0.2, -0.15) is 13.2 Å². The summed E-state index contributed by atoms with van der Waals surface area (Å²) in [6.45, 7) is 5.28. The van der Waals surface area contributed by atoms with Crippen molar-refractivity contribution in [3.8, 4) is 0 Å². The molecule has 0 bridgehead atoms. The summed E-state index contributed by atoms with van der Waals surface area (Å²) in [5.41, 5.74) is -0.243. The number of alkyl halides is 3. The molecule has 6 heteroatoms. The van der Waals surface area contributed by atoms with E-state index in [1.54, 1.807) is 0 Å². The lowest BCUT2D eigenvalue weighted by atomic mass is 10.1. The van der Waals surface area contributed by atoms with E-state index >= 15 is 0 Å². The van der Waals surface area contributed by atoms with Crippen LogP contribution < -0.4 is 10.6 Å². The number of anilines is 1. The summed E-state index contributed by atoms with van der Waals surface area (Å²) in [6, 6.07) is 4.02. The molecule has 0 heterocycles. The molecule has 3 nitrogen and oxygen atoms in total. The second-order valence-electron chi connectivity index (χ2n) is 5.14. The lowest BCUT2D eigenvalue weighted by molar-refractivity contribution is -0.138. The Morgan fingerprint density at radius 2 is 2.00 bits per heavy atom. The molecule has 0 saturated heterocycles. The van der Waals surface area contributed by atoms with E-state index in [0.29, 0.717) is 0 Å². The number of rotatable bonds is 6. The van der Waals surface area contributed by atoms with Crippen LogP contribution in [0.5, 0.6) is 0 Å². The predicted molar refractivity (Wildman–Crippen MR) is 77.2 cm³/mol. The Hall–Kier alpha value is -1.72. The number of carbonyl (C=O) groups is 1. The number of hydrogen-bond donors (Lipinski definition) is 2. The van der Waals surface area contributed by atoms with Gasteiger partial charge < -0.3 is 10.6 Å². The van der Waals surface area contributed by atoms with Crippen molar-refractivity contribution in [1.29, 1.82) is 0 Å². The number of benzene rings is 1. The average molecular weight is 302 g/mol. The monoisotopic (exact) mass is 302 g/mol. The molecule has 0 radical (unpaired) electrons. The van der Waals surface area contributed by atoms with Gasteiger partial charge in [-0.25, -0.2) is 0 Å². The molecule has 118 valence electrons. The highest BCUT2D eigenvalue weighted by Crippen LogP contribution is 2.33. The van der Waals surface area contributed by atoms with Gasteiger partial charge in [-0.3, -0.25) is 4.79 Å². The zero-order valence-corrected chi connectivity index (χ0v) is 12.5. The first-order valence-corrected chi connectivity index (χ1v) is 6.95. The number of halogens is 3. The minimum Gasteiger partial charge on any atom is -0.376 e. The van der Waals surface area contributed by atoms with Crippen LogP contribution in [0.4, 0.5) is 18.9 Å². The van der Waals surface area contributed by atoms with Crippen LogP contribution in [0.2, 0.25) is 0 Å². The number of nitrogens with one attached hydrogen (secondary N) is 2. The fraction of sp³-hybridized carbons (Fsp3) is 0.533. The summed E-state index contributed by atoms with van der Waals surface area (Å²) in [7, 11) is 0. The molecule has 0 aliphatic carbocycles. The van der Waals surface area contributed by atoms with Gasteiger partial charge in [0.1, 0.15) is 0 Å². The molecular formula is C15H21F3N2O. The van der Waals surface area contributed by atoms with Crippen molar-refractivity contribution in [2.24, 2.45) is 0 Å². The Balaban J connectivity index is 2.62. The molecule has 0 spiro atoms. The van der Waals surface area contributed by atoms with Crippen LogP contribution in [0, 0.1) is 6.92 Å². The lowest BCUT2D eigenvalue weighted by Gasteiger charge is -2.15. The molecule has 0 fully saturated rings. The highest BCUT2D eigenvalue weighted by atomic mass is 19.4. The molecule has 2 N–H and O–H groups in total. The number of amides is 1. The van der Waals surface area contributed by atoms with Crippen LogP contribution in [0.15, 0.2) is 18.2 Å². The van der Waals surface area contributed by atoms with E-state index in [9.17, 15) is 18.0 Å². The van der Waals surface area contributed by atoms with E-state index in [2.05, 4.69) is 10.6 Å². The molecular weight excluding hydrogens is 281 g/mol. The van der Waals surface area contributed by atoms with Crippen molar-refractivity contribution >= 4 is 11.6 Å². The molecule has 1 amide bonds. The van der Waals surface area contributed by atoms with Crippen molar-refractivity contribution in [3.05, 3.63) is 29.3 Å². The molecule has 1 aromatic rings. The van der Waals surface area contributed by atoms with E-state index in [-0.39, 0.29) is 29.7 Å². The van der Waals surface area contributed by atoms with Gasteiger partial charge in [-0.05, 0) is 38.0 Å². The SMILES string of the molecule is CCCC(C)NC(=O)CNc1ccc(C)c(C(F)(F)F)c1. The zero-order chi connectivity index (χ0) is 16.0. The molecule has 1 atom stereocenters. The third kappa shape index (κ3) is 5.65. The predicted octanol–water partition coefficient (Wildman–Crippen LogP) is 3.73. The van der Waals surface area contributed by atoms with Crippen molar-refractivity contribution < 1.29 is 18.0 Å². The van der Waals surface area contributed by atoms with Gasteiger partial charge in [0.05, 0.1) is 12.1 Å². The highest BCUT2D eigenvalue weighted by Gasteiger charge is 2.32. The Morgan fingerprint density at radius 1 is 1.33 bits per heavy atom. The molecule has 0 aromatic heterocycles. The summed E-state index contributed by atoms with van der Waals surface area (Å²) in [5, 5.41) is 5.50. The number of carbonyl (C=O) groups excluding carboxylic acids is 1. The molecule has 21 heavy (non-hydrogen) atoms. The molecule has 0 aliphatic rings. The Labute approximate surface area is 122 Å². The van der Waals surface area contributed by atoms with E-state index in [0.717, 1.165) is 18.9 Å². The van der Waals surface area contributed by atoms with Crippen molar-refractivity contribution in [3.63, 3.8) is 0 Å². The normalized spacial score (nSPS) is 12.9. The maximum absolute atomic E-state index is 12.8. The summed E-state index contributed by atoms with van der Waals surface area (Å²) in [5.74, 6) is -0.231. The van der Waals surface area contributed by atoms with Crippen LogP contribution in [0.3, 0.4) is 0 Å². The van der Waals surface area contributed by atoms with Crippen molar-refractivity contribution in [2.45, 2.75) is 45.8 Å². The maximum atomic E-state index is 12.8. The standard InChI is InChI=1S/C15H21F3N2O/c1-4-5-11(3)20-14(21)9-19-12-7-6-10(2)13(8-12)15(16,17)18/h6-8,11,19H,4-5,9H2,1-3H3,(H,20,21). The van der Waals surface area contributed by atoms with E-state index in [1.807, 2.05) is 13.8 Å². The van der Waals surface area contributed by atoms with Crippen molar-refractivity contribution in [1.82, 2.24) is 5.32 Å². The first-order chi connectivity index (χ1) is 9.74. The fourth-order valence-electron chi connectivity index (χ4n) is 2.05. The van der Waals surface area contributed by atoms with Gasteiger partial charge in [-0.15, -0.1) is 0 Å².